The average Bonchev–Trinajstić information content (AvgIpc) is 2.60. The van der Waals surface area contributed by atoms with Crippen LogP contribution in [0.1, 0.15) is 38.2 Å². The molecule has 1 heterocycles. The molecule has 2 rings (SSSR count). The fourth-order valence-electron chi connectivity index (χ4n) is 3.34. The lowest BCUT2D eigenvalue weighted by Crippen LogP contribution is -2.45. The van der Waals surface area contributed by atoms with Gasteiger partial charge < -0.3 is 4.90 Å². The van der Waals surface area contributed by atoms with E-state index in [9.17, 15) is 21.6 Å². The molecular formula is C18H28N2O5S2. The Bertz CT molecular complexity index is 879. The van der Waals surface area contributed by atoms with E-state index < -0.39 is 25.6 Å². The molecule has 1 saturated heterocycles. The molecule has 1 aliphatic heterocycles. The van der Waals surface area contributed by atoms with Gasteiger partial charge in [-0.25, -0.2) is 21.1 Å². The standard InChI is InChI=1S/C18H28N2O5S2/c1-4-16-9-5-6-11-20(16)18(21)14-26(22,23)13-15-8-7-10-17(12-15)27(24,25)19(2)3/h7-8,10,12,16H,4-6,9,11,13-14H2,1-3H3/t16-/m0/s1. The summed E-state index contributed by atoms with van der Waals surface area (Å²) in [6, 6.07) is 5.96. The SMILES string of the molecule is CC[C@H]1CCCCN1C(=O)CS(=O)(=O)Cc1cccc(S(=O)(=O)N(C)C)c1. The molecule has 1 aliphatic rings. The molecule has 0 radical (unpaired) electrons. The largest absolute Gasteiger partial charge is 0.339 e. The van der Waals surface area contributed by atoms with Crippen molar-refractivity contribution in [3.63, 3.8) is 0 Å². The molecule has 152 valence electrons. The molecule has 0 unspecified atom stereocenters. The number of hydrogen-bond donors (Lipinski definition) is 0. The summed E-state index contributed by atoms with van der Waals surface area (Å²) in [5.74, 6) is -1.27. The third-order valence-electron chi connectivity index (χ3n) is 4.83. The smallest absolute Gasteiger partial charge is 0.242 e. The molecule has 27 heavy (non-hydrogen) atoms. The predicted octanol–water partition coefficient (Wildman–Crippen LogP) is 1.64. The molecule has 1 aromatic rings. The van der Waals surface area contributed by atoms with E-state index in [1.165, 1.54) is 32.3 Å². The van der Waals surface area contributed by atoms with Gasteiger partial charge in [-0.3, -0.25) is 4.79 Å². The molecule has 7 nitrogen and oxygen atoms in total. The number of likely N-dealkylation sites (tertiary alicyclic amines) is 1. The lowest BCUT2D eigenvalue weighted by molar-refractivity contribution is -0.132. The number of nitrogens with zero attached hydrogens (tertiary/aromatic N) is 2. The van der Waals surface area contributed by atoms with E-state index in [1.807, 2.05) is 6.92 Å². The van der Waals surface area contributed by atoms with Crippen molar-refractivity contribution in [2.75, 3.05) is 26.4 Å². The monoisotopic (exact) mass is 416 g/mol. The minimum Gasteiger partial charge on any atom is -0.339 e. The van der Waals surface area contributed by atoms with E-state index in [1.54, 1.807) is 11.0 Å². The van der Waals surface area contributed by atoms with E-state index >= 15 is 0 Å². The Balaban J connectivity index is 2.13. The molecule has 1 aromatic carbocycles. The summed E-state index contributed by atoms with van der Waals surface area (Å²) >= 11 is 0. The molecule has 0 aliphatic carbocycles. The van der Waals surface area contributed by atoms with Gasteiger partial charge in [-0.15, -0.1) is 0 Å². The second kappa shape index (κ2) is 8.70. The number of rotatable bonds is 7. The lowest BCUT2D eigenvalue weighted by atomic mass is 10.0. The maximum Gasteiger partial charge on any atom is 0.242 e. The van der Waals surface area contributed by atoms with E-state index in [-0.39, 0.29) is 22.6 Å². The van der Waals surface area contributed by atoms with Gasteiger partial charge in [-0.1, -0.05) is 19.1 Å². The maximum absolute atomic E-state index is 12.5. The number of hydrogen-bond acceptors (Lipinski definition) is 5. The predicted molar refractivity (Wildman–Crippen MR) is 104 cm³/mol. The van der Waals surface area contributed by atoms with E-state index in [0.29, 0.717) is 12.1 Å². The van der Waals surface area contributed by atoms with Crippen LogP contribution in [0.3, 0.4) is 0 Å². The summed E-state index contributed by atoms with van der Waals surface area (Å²) in [6.07, 6.45) is 3.68. The number of sulfonamides is 1. The number of piperidine rings is 1. The molecule has 1 atom stereocenters. The van der Waals surface area contributed by atoms with E-state index in [4.69, 9.17) is 0 Å². The normalized spacial score (nSPS) is 18.7. The van der Waals surface area contributed by atoms with Crippen molar-refractivity contribution in [2.45, 2.75) is 49.3 Å². The average molecular weight is 417 g/mol. The Kier molecular flexibility index (Phi) is 7.04. The summed E-state index contributed by atoms with van der Waals surface area (Å²) in [5.41, 5.74) is 0.358. The molecule has 0 spiro atoms. The number of carbonyl (C=O) groups is 1. The molecule has 0 aromatic heterocycles. The summed E-state index contributed by atoms with van der Waals surface area (Å²) in [4.78, 5) is 14.3. The van der Waals surface area contributed by atoms with Gasteiger partial charge in [0.05, 0.1) is 10.6 Å². The van der Waals surface area contributed by atoms with Gasteiger partial charge in [-0.05, 0) is 43.4 Å². The molecule has 0 bridgehead atoms. The van der Waals surface area contributed by atoms with Gasteiger partial charge in [0, 0.05) is 26.7 Å². The van der Waals surface area contributed by atoms with Crippen LogP contribution >= 0.6 is 0 Å². The third-order valence-corrected chi connectivity index (χ3v) is 8.10. The van der Waals surface area contributed by atoms with Gasteiger partial charge in [0.2, 0.25) is 15.9 Å². The fourth-order valence-corrected chi connectivity index (χ4v) is 5.64. The van der Waals surface area contributed by atoms with Crippen molar-refractivity contribution in [1.82, 2.24) is 9.21 Å². The van der Waals surface area contributed by atoms with Crippen molar-refractivity contribution < 1.29 is 21.6 Å². The first-order chi connectivity index (χ1) is 12.6. The van der Waals surface area contributed by atoms with Gasteiger partial charge >= 0.3 is 0 Å². The first-order valence-corrected chi connectivity index (χ1v) is 12.3. The van der Waals surface area contributed by atoms with Crippen LogP contribution in [-0.2, 0) is 30.4 Å². The van der Waals surface area contributed by atoms with Crippen molar-refractivity contribution in [3.8, 4) is 0 Å². The Morgan fingerprint density at radius 1 is 1.19 bits per heavy atom. The highest BCUT2D eigenvalue weighted by atomic mass is 32.2. The van der Waals surface area contributed by atoms with Crippen molar-refractivity contribution in [2.24, 2.45) is 0 Å². The van der Waals surface area contributed by atoms with E-state index in [0.717, 1.165) is 30.0 Å². The van der Waals surface area contributed by atoms with Crippen LogP contribution in [0.25, 0.3) is 0 Å². The lowest BCUT2D eigenvalue weighted by Gasteiger charge is -2.35. The van der Waals surface area contributed by atoms with E-state index in [2.05, 4.69) is 0 Å². The zero-order chi connectivity index (χ0) is 20.2. The van der Waals surface area contributed by atoms with Crippen LogP contribution in [-0.4, -0.2) is 64.4 Å². The first-order valence-electron chi connectivity index (χ1n) is 9.08. The molecule has 9 heteroatoms. The number of sulfone groups is 1. The van der Waals surface area contributed by atoms with Crippen LogP contribution in [0.4, 0.5) is 0 Å². The van der Waals surface area contributed by atoms with Crippen molar-refractivity contribution in [3.05, 3.63) is 29.8 Å². The number of benzene rings is 1. The second-order valence-electron chi connectivity index (χ2n) is 7.11. The summed E-state index contributed by atoms with van der Waals surface area (Å²) < 4.78 is 50.6. The van der Waals surface area contributed by atoms with Crippen LogP contribution in [0, 0.1) is 0 Å². The maximum atomic E-state index is 12.5. The van der Waals surface area contributed by atoms with Gasteiger partial charge in [0.15, 0.2) is 9.84 Å². The fraction of sp³-hybridized carbons (Fsp3) is 0.611. The molecule has 0 saturated carbocycles. The Morgan fingerprint density at radius 3 is 2.52 bits per heavy atom. The third kappa shape index (κ3) is 5.52. The van der Waals surface area contributed by atoms with Crippen LogP contribution in [0.2, 0.25) is 0 Å². The highest BCUT2D eigenvalue weighted by Gasteiger charge is 2.29. The topological polar surface area (TPSA) is 91.8 Å². The van der Waals surface area contributed by atoms with Crippen molar-refractivity contribution >= 4 is 25.8 Å². The Morgan fingerprint density at radius 2 is 1.89 bits per heavy atom. The first kappa shape index (κ1) is 21.8. The second-order valence-corrected chi connectivity index (χ2v) is 11.3. The van der Waals surface area contributed by atoms with Crippen LogP contribution in [0.15, 0.2) is 29.2 Å². The quantitative estimate of drug-likeness (QED) is 0.674. The summed E-state index contributed by atoms with van der Waals surface area (Å²) in [5, 5.41) is 0. The zero-order valence-electron chi connectivity index (χ0n) is 16.1. The molecule has 0 N–H and O–H groups in total. The molecule has 1 fully saturated rings. The highest BCUT2D eigenvalue weighted by Crippen LogP contribution is 2.21. The zero-order valence-corrected chi connectivity index (χ0v) is 17.7. The summed E-state index contributed by atoms with van der Waals surface area (Å²) in [7, 11) is -4.51. The minimum atomic E-state index is -3.70. The number of amides is 1. The molecular weight excluding hydrogens is 388 g/mol. The minimum absolute atomic E-state index is 0.0357. The van der Waals surface area contributed by atoms with Gasteiger partial charge in [-0.2, -0.15) is 0 Å². The van der Waals surface area contributed by atoms with Crippen LogP contribution < -0.4 is 0 Å². The van der Waals surface area contributed by atoms with Gasteiger partial charge in [0.25, 0.3) is 0 Å². The Labute approximate surface area is 162 Å². The van der Waals surface area contributed by atoms with Gasteiger partial charge in [0.1, 0.15) is 5.75 Å². The van der Waals surface area contributed by atoms with Crippen LogP contribution in [0.5, 0.6) is 0 Å². The van der Waals surface area contributed by atoms with Crippen molar-refractivity contribution in [1.29, 1.82) is 0 Å². The summed E-state index contributed by atoms with van der Waals surface area (Å²) in [6.45, 7) is 2.60. The number of carbonyl (C=O) groups excluding carboxylic acids is 1. The molecule has 1 amide bonds. The highest BCUT2D eigenvalue weighted by molar-refractivity contribution is 7.91. The Hall–Kier alpha value is -1.45.